The molecule has 0 aromatic heterocycles. The highest BCUT2D eigenvalue weighted by atomic mass is 16.3. The highest BCUT2D eigenvalue weighted by molar-refractivity contribution is 5.60. The van der Waals surface area contributed by atoms with Crippen LogP contribution in [0.5, 0.6) is 0 Å². The minimum Gasteiger partial charge on any atom is -0.399 e. The van der Waals surface area contributed by atoms with Crippen molar-refractivity contribution < 1.29 is 10.2 Å². The number of hydrogen-bond acceptors (Lipinski definition) is 5. The third-order valence-electron chi connectivity index (χ3n) is 3.49. The number of nitrogens with one attached hydrogen (secondary N) is 1. The van der Waals surface area contributed by atoms with E-state index in [1.165, 1.54) is 0 Å². The minimum absolute atomic E-state index is 0.0875. The van der Waals surface area contributed by atoms with E-state index in [0.717, 1.165) is 17.8 Å². The molecule has 0 spiro atoms. The molecule has 2 atom stereocenters. The molecule has 5 heteroatoms. The molecule has 1 aliphatic rings. The molecule has 0 amide bonds. The predicted octanol–water partition coefficient (Wildman–Crippen LogP) is -0.427. The SMILES string of the molecule is CNC1CN(c2ccc(N)cc2CCO)CC1O. The molecular formula is C13H21N3O2. The van der Waals surface area contributed by atoms with Gasteiger partial charge in [0.15, 0.2) is 0 Å². The molecule has 0 radical (unpaired) electrons. The van der Waals surface area contributed by atoms with Crippen LogP contribution in [0.4, 0.5) is 11.4 Å². The van der Waals surface area contributed by atoms with Crippen LogP contribution in [0, 0.1) is 0 Å². The van der Waals surface area contributed by atoms with Gasteiger partial charge in [-0.15, -0.1) is 0 Å². The lowest BCUT2D eigenvalue weighted by Crippen LogP contribution is -2.36. The fourth-order valence-corrected chi connectivity index (χ4v) is 2.50. The highest BCUT2D eigenvalue weighted by Crippen LogP contribution is 2.27. The molecule has 1 aliphatic heterocycles. The zero-order chi connectivity index (χ0) is 13.1. The highest BCUT2D eigenvalue weighted by Gasteiger charge is 2.30. The van der Waals surface area contributed by atoms with Crippen LogP contribution in [0.25, 0.3) is 0 Å². The second-order valence-corrected chi connectivity index (χ2v) is 4.73. The number of aliphatic hydroxyl groups excluding tert-OH is 2. The fraction of sp³-hybridized carbons (Fsp3) is 0.538. The van der Waals surface area contributed by atoms with Gasteiger partial charge in [-0.3, -0.25) is 0 Å². The van der Waals surface area contributed by atoms with Gasteiger partial charge in [0, 0.05) is 31.1 Å². The number of nitrogens with zero attached hydrogens (tertiary/aromatic N) is 1. The molecule has 1 aromatic carbocycles. The second kappa shape index (κ2) is 5.56. The number of β-amino-alcohol motifs (C(OH)–C–C–N with tert-alkyl or cyclic N) is 1. The van der Waals surface area contributed by atoms with Crippen molar-refractivity contribution in [1.29, 1.82) is 0 Å². The minimum atomic E-state index is -0.366. The van der Waals surface area contributed by atoms with Crippen LogP contribution in [0.2, 0.25) is 0 Å². The molecule has 18 heavy (non-hydrogen) atoms. The standard InChI is InChI=1S/C13H21N3O2/c1-15-11-7-16(8-13(11)18)12-3-2-10(14)6-9(12)4-5-17/h2-3,6,11,13,15,17-18H,4-5,7-8,14H2,1H3. The van der Waals surface area contributed by atoms with Crippen molar-refractivity contribution in [2.45, 2.75) is 18.6 Å². The predicted molar refractivity (Wildman–Crippen MR) is 72.7 cm³/mol. The molecule has 1 heterocycles. The van der Waals surface area contributed by atoms with Gasteiger partial charge in [0.1, 0.15) is 0 Å². The summed E-state index contributed by atoms with van der Waals surface area (Å²) in [6.07, 6.45) is 0.214. The van der Waals surface area contributed by atoms with Crippen molar-refractivity contribution in [3.63, 3.8) is 0 Å². The first-order valence-corrected chi connectivity index (χ1v) is 6.25. The monoisotopic (exact) mass is 251 g/mol. The summed E-state index contributed by atoms with van der Waals surface area (Å²) in [5, 5.41) is 22.1. The lowest BCUT2D eigenvalue weighted by Gasteiger charge is -2.22. The summed E-state index contributed by atoms with van der Waals surface area (Å²) < 4.78 is 0. The number of anilines is 2. The quantitative estimate of drug-likeness (QED) is 0.546. The first kappa shape index (κ1) is 13.1. The van der Waals surface area contributed by atoms with Gasteiger partial charge < -0.3 is 26.2 Å². The Morgan fingerprint density at radius 1 is 1.44 bits per heavy atom. The van der Waals surface area contributed by atoms with Crippen LogP contribution in [-0.4, -0.2) is 49.1 Å². The number of aliphatic hydroxyl groups is 2. The Labute approximate surface area is 107 Å². The average molecular weight is 251 g/mol. The maximum atomic E-state index is 9.92. The molecule has 1 fully saturated rings. The van der Waals surface area contributed by atoms with Gasteiger partial charge in [0.05, 0.1) is 12.1 Å². The molecule has 1 saturated heterocycles. The molecule has 0 saturated carbocycles. The lowest BCUT2D eigenvalue weighted by molar-refractivity contribution is 0.168. The van der Waals surface area contributed by atoms with E-state index in [2.05, 4.69) is 10.2 Å². The summed E-state index contributed by atoms with van der Waals surface area (Å²) in [5.41, 5.74) is 8.56. The second-order valence-electron chi connectivity index (χ2n) is 4.73. The summed E-state index contributed by atoms with van der Waals surface area (Å²) >= 11 is 0. The Kier molecular flexibility index (Phi) is 4.06. The molecular weight excluding hydrogens is 230 g/mol. The Morgan fingerprint density at radius 3 is 2.83 bits per heavy atom. The third-order valence-corrected chi connectivity index (χ3v) is 3.49. The van der Waals surface area contributed by atoms with Crippen LogP contribution < -0.4 is 16.0 Å². The van der Waals surface area contributed by atoms with E-state index in [0.29, 0.717) is 18.7 Å². The van der Waals surface area contributed by atoms with E-state index in [4.69, 9.17) is 10.8 Å². The number of nitrogens with two attached hydrogens (primary N) is 1. The topological polar surface area (TPSA) is 81.8 Å². The summed E-state index contributed by atoms with van der Waals surface area (Å²) in [6, 6.07) is 5.80. The van der Waals surface area contributed by atoms with Crippen molar-refractivity contribution in [2.24, 2.45) is 0 Å². The zero-order valence-electron chi connectivity index (χ0n) is 10.6. The molecule has 0 bridgehead atoms. The normalized spacial score (nSPS) is 23.6. The van der Waals surface area contributed by atoms with E-state index in [1.807, 2.05) is 25.2 Å². The Balaban J connectivity index is 2.23. The number of rotatable bonds is 4. The van der Waals surface area contributed by atoms with Crippen molar-refractivity contribution in [3.05, 3.63) is 23.8 Å². The van der Waals surface area contributed by atoms with Crippen LogP contribution >= 0.6 is 0 Å². The molecule has 5 nitrogen and oxygen atoms in total. The van der Waals surface area contributed by atoms with Gasteiger partial charge in [-0.1, -0.05) is 0 Å². The number of nitrogen functional groups attached to an aromatic ring is 1. The van der Waals surface area contributed by atoms with Crippen LogP contribution in [-0.2, 0) is 6.42 Å². The van der Waals surface area contributed by atoms with E-state index < -0.39 is 0 Å². The molecule has 1 aromatic rings. The van der Waals surface area contributed by atoms with Crippen molar-refractivity contribution in [1.82, 2.24) is 5.32 Å². The molecule has 0 aliphatic carbocycles. The zero-order valence-corrected chi connectivity index (χ0v) is 10.6. The van der Waals surface area contributed by atoms with E-state index in [1.54, 1.807) is 0 Å². The summed E-state index contributed by atoms with van der Waals surface area (Å²) in [6.45, 7) is 1.47. The van der Waals surface area contributed by atoms with E-state index >= 15 is 0 Å². The van der Waals surface area contributed by atoms with Crippen LogP contribution in [0.1, 0.15) is 5.56 Å². The largest absolute Gasteiger partial charge is 0.399 e. The summed E-state index contributed by atoms with van der Waals surface area (Å²) in [7, 11) is 1.86. The van der Waals surface area contributed by atoms with E-state index in [-0.39, 0.29) is 18.8 Å². The summed E-state index contributed by atoms with van der Waals surface area (Å²) in [5.74, 6) is 0. The van der Waals surface area contributed by atoms with Crippen molar-refractivity contribution in [2.75, 3.05) is 37.4 Å². The van der Waals surface area contributed by atoms with Crippen molar-refractivity contribution >= 4 is 11.4 Å². The first-order valence-electron chi connectivity index (χ1n) is 6.25. The maximum Gasteiger partial charge on any atom is 0.0884 e. The average Bonchev–Trinajstić information content (AvgIpc) is 2.71. The van der Waals surface area contributed by atoms with Gasteiger partial charge in [-0.2, -0.15) is 0 Å². The Morgan fingerprint density at radius 2 is 2.22 bits per heavy atom. The number of likely N-dealkylation sites (N-methyl/N-ethyl adjacent to an activating group) is 1. The lowest BCUT2D eigenvalue weighted by atomic mass is 10.1. The van der Waals surface area contributed by atoms with Gasteiger partial charge in [-0.05, 0) is 37.2 Å². The fourth-order valence-electron chi connectivity index (χ4n) is 2.50. The van der Waals surface area contributed by atoms with Gasteiger partial charge >= 0.3 is 0 Å². The number of benzene rings is 1. The molecule has 5 N–H and O–H groups in total. The van der Waals surface area contributed by atoms with E-state index in [9.17, 15) is 5.11 Å². The summed E-state index contributed by atoms with van der Waals surface area (Å²) in [4.78, 5) is 2.14. The third kappa shape index (κ3) is 2.58. The van der Waals surface area contributed by atoms with Crippen molar-refractivity contribution in [3.8, 4) is 0 Å². The Hall–Kier alpha value is -1.30. The van der Waals surface area contributed by atoms with Crippen LogP contribution in [0.3, 0.4) is 0 Å². The van der Waals surface area contributed by atoms with Gasteiger partial charge in [-0.25, -0.2) is 0 Å². The van der Waals surface area contributed by atoms with Gasteiger partial charge in [0.2, 0.25) is 0 Å². The molecule has 100 valence electrons. The number of hydrogen-bond donors (Lipinski definition) is 4. The smallest absolute Gasteiger partial charge is 0.0884 e. The maximum absolute atomic E-state index is 9.92. The van der Waals surface area contributed by atoms with Gasteiger partial charge in [0.25, 0.3) is 0 Å². The molecule has 2 rings (SSSR count). The van der Waals surface area contributed by atoms with Crippen LogP contribution in [0.15, 0.2) is 18.2 Å². The Bertz CT molecular complexity index is 411. The first-order chi connectivity index (χ1) is 8.65. The molecule has 2 unspecified atom stereocenters.